The Kier molecular flexibility index (Phi) is 4.11. The molecule has 1 saturated heterocycles. The fraction of sp³-hybridized carbons (Fsp3) is 1.00. The maximum Gasteiger partial charge on any atom is 0.426 e. The van der Waals surface area contributed by atoms with Gasteiger partial charge in [0.15, 0.2) is 0 Å². The molecule has 114 valence electrons. The Morgan fingerprint density at radius 2 is 1.47 bits per heavy atom. The van der Waals surface area contributed by atoms with Crippen molar-refractivity contribution in [2.75, 3.05) is 0 Å². The molecule has 1 rings (SSSR count). The maximum atomic E-state index is 13.9. The summed E-state index contributed by atoms with van der Waals surface area (Å²) in [6, 6.07) is 0. The van der Waals surface area contributed by atoms with Crippen molar-refractivity contribution < 1.29 is 39.9 Å². The summed E-state index contributed by atoms with van der Waals surface area (Å²) in [7, 11) is 0. The minimum atomic E-state index is -5.95. The number of halogens is 8. The molecular formula is C10H12F8O. The highest BCUT2D eigenvalue weighted by atomic mass is 19.3. The number of rotatable bonds is 5. The molecule has 2 unspecified atom stereocenters. The zero-order valence-corrected chi connectivity index (χ0v) is 9.84. The topological polar surface area (TPSA) is 9.23 Å². The third kappa shape index (κ3) is 2.09. The molecule has 0 amide bonds. The molecule has 0 saturated carbocycles. The van der Waals surface area contributed by atoms with Crippen LogP contribution >= 0.6 is 0 Å². The molecule has 0 spiro atoms. The van der Waals surface area contributed by atoms with E-state index in [1.54, 1.807) is 6.92 Å². The summed E-state index contributed by atoms with van der Waals surface area (Å²) in [5, 5.41) is 0. The van der Waals surface area contributed by atoms with Gasteiger partial charge in [-0.3, -0.25) is 4.74 Å². The van der Waals surface area contributed by atoms with E-state index in [9.17, 15) is 35.1 Å². The second-order valence-corrected chi connectivity index (χ2v) is 4.39. The van der Waals surface area contributed by atoms with Gasteiger partial charge in [0, 0.05) is 6.42 Å². The maximum absolute atomic E-state index is 13.9. The Hall–Kier alpha value is -0.600. The third-order valence-corrected chi connectivity index (χ3v) is 3.06. The van der Waals surface area contributed by atoms with E-state index in [2.05, 4.69) is 4.74 Å². The highest BCUT2D eigenvalue weighted by Crippen LogP contribution is 2.63. The molecule has 2 atom stereocenters. The monoisotopic (exact) mass is 300 g/mol. The lowest BCUT2D eigenvalue weighted by molar-refractivity contribution is -0.338. The minimum absolute atomic E-state index is 0.172. The predicted octanol–water partition coefficient (Wildman–Crippen LogP) is 4.46. The summed E-state index contributed by atoms with van der Waals surface area (Å²) in [6.07, 6.45) is -11.3. The summed E-state index contributed by atoms with van der Waals surface area (Å²) in [4.78, 5) is 0. The van der Waals surface area contributed by atoms with Crippen molar-refractivity contribution in [1.82, 2.24) is 0 Å². The average molecular weight is 300 g/mol. The van der Waals surface area contributed by atoms with Gasteiger partial charge in [-0.15, -0.1) is 0 Å². The van der Waals surface area contributed by atoms with Crippen molar-refractivity contribution in [1.29, 1.82) is 0 Å². The number of hydrogen-bond acceptors (Lipinski definition) is 1. The third-order valence-electron chi connectivity index (χ3n) is 3.06. The molecule has 0 aromatic rings. The van der Waals surface area contributed by atoms with Crippen LogP contribution in [0.25, 0.3) is 0 Å². The first-order valence-electron chi connectivity index (χ1n) is 5.58. The van der Waals surface area contributed by atoms with Crippen LogP contribution in [0.3, 0.4) is 0 Å². The smallest absolute Gasteiger partial charge is 0.274 e. The van der Waals surface area contributed by atoms with Gasteiger partial charge in [0.25, 0.3) is 17.9 Å². The molecule has 0 radical (unpaired) electrons. The lowest BCUT2D eigenvalue weighted by Gasteiger charge is -2.32. The molecule has 0 aromatic heterocycles. The molecule has 1 aliphatic heterocycles. The van der Waals surface area contributed by atoms with Crippen molar-refractivity contribution in [2.45, 2.75) is 62.6 Å². The minimum Gasteiger partial charge on any atom is -0.274 e. The van der Waals surface area contributed by atoms with E-state index in [0.717, 1.165) is 0 Å². The number of ether oxygens (including phenoxy) is 1. The van der Waals surface area contributed by atoms with Crippen LogP contribution in [-0.2, 0) is 4.74 Å². The van der Waals surface area contributed by atoms with E-state index in [0.29, 0.717) is 6.42 Å². The van der Waals surface area contributed by atoms with Gasteiger partial charge in [0.05, 0.1) is 0 Å². The quantitative estimate of drug-likeness (QED) is 0.538. The van der Waals surface area contributed by atoms with Crippen LogP contribution in [0, 0.1) is 0 Å². The molecule has 19 heavy (non-hydrogen) atoms. The van der Waals surface area contributed by atoms with Gasteiger partial charge in [0.1, 0.15) is 0 Å². The molecule has 1 heterocycles. The van der Waals surface area contributed by atoms with Gasteiger partial charge >= 0.3 is 12.0 Å². The summed E-state index contributed by atoms with van der Waals surface area (Å²) < 4.78 is 107. The SMILES string of the molecule is CCCCCC1(F)OC(F)(F)C(F)(F)C1(F)C(F)F. The fourth-order valence-electron chi connectivity index (χ4n) is 1.92. The molecule has 0 bridgehead atoms. The van der Waals surface area contributed by atoms with Gasteiger partial charge in [-0.25, -0.2) is 17.6 Å². The molecule has 1 fully saturated rings. The Morgan fingerprint density at radius 3 is 1.89 bits per heavy atom. The van der Waals surface area contributed by atoms with Crippen LogP contribution in [-0.4, -0.2) is 30.0 Å². The summed E-state index contributed by atoms with van der Waals surface area (Å²) in [5.41, 5.74) is -5.38. The van der Waals surface area contributed by atoms with E-state index < -0.39 is 36.4 Å². The Balaban J connectivity index is 3.17. The lowest BCUT2D eigenvalue weighted by atomic mass is 9.88. The molecule has 1 nitrogen and oxygen atoms in total. The largest absolute Gasteiger partial charge is 0.426 e. The highest BCUT2D eigenvalue weighted by molar-refractivity contribution is 5.15. The van der Waals surface area contributed by atoms with Crippen molar-refractivity contribution in [2.24, 2.45) is 0 Å². The second kappa shape index (κ2) is 4.75. The van der Waals surface area contributed by atoms with Gasteiger partial charge in [0.2, 0.25) is 0 Å². The van der Waals surface area contributed by atoms with Gasteiger partial charge in [-0.1, -0.05) is 19.8 Å². The first-order chi connectivity index (χ1) is 8.46. The van der Waals surface area contributed by atoms with Gasteiger partial charge < -0.3 is 0 Å². The Labute approximate surface area is 103 Å². The molecule has 0 aromatic carbocycles. The summed E-state index contributed by atoms with van der Waals surface area (Å²) >= 11 is 0. The highest BCUT2D eigenvalue weighted by Gasteiger charge is 2.90. The zero-order valence-electron chi connectivity index (χ0n) is 9.84. The van der Waals surface area contributed by atoms with Gasteiger partial charge in [-0.05, 0) is 6.42 Å². The first kappa shape index (κ1) is 16.5. The van der Waals surface area contributed by atoms with Crippen LogP contribution in [0.15, 0.2) is 0 Å². The molecule has 0 aliphatic carbocycles. The Morgan fingerprint density at radius 1 is 0.947 bits per heavy atom. The standard InChI is InChI=1S/C10H12F8O/c1-2-3-4-5-7(13)8(14,6(11)12)9(15,16)10(17,18)19-7/h6H,2-5H2,1H3. The van der Waals surface area contributed by atoms with Crippen LogP contribution < -0.4 is 0 Å². The van der Waals surface area contributed by atoms with Gasteiger partial charge in [-0.2, -0.15) is 17.6 Å². The molecule has 9 heteroatoms. The number of hydrogen-bond donors (Lipinski definition) is 0. The number of unbranched alkanes of at least 4 members (excludes halogenated alkanes) is 2. The van der Waals surface area contributed by atoms with Crippen molar-refractivity contribution in [3.63, 3.8) is 0 Å². The van der Waals surface area contributed by atoms with Crippen LogP contribution in [0.5, 0.6) is 0 Å². The lowest BCUT2D eigenvalue weighted by Crippen LogP contribution is -2.60. The van der Waals surface area contributed by atoms with E-state index in [1.807, 2.05) is 0 Å². The summed E-state index contributed by atoms with van der Waals surface area (Å²) in [6.45, 7) is 1.61. The fourth-order valence-corrected chi connectivity index (χ4v) is 1.92. The van der Waals surface area contributed by atoms with Crippen molar-refractivity contribution in [3.05, 3.63) is 0 Å². The van der Waals surface area contributed by atoms with E-state index in [4.69, 9.17) is 0 Å². The predicted molar refractivity (Wildman–Crippen MR) is 48.8 cm³/mol. The van der Waals surface area contributed by atoms with Crippen molar-refractivity contribution in [3.8, 4) is 0 Å². The molecule has 0 N–H and O–H groups in total. The van der Waals surface area contributed by atoms with E-state index >= 15 is 0 Å². The normalized spacial score (nSPS) is 36.9. The van der Waals surface area contributed by atoms with Crippen LogP contribution in [0.4, 0.5) is 35.1 Å². The molecular weight excluding hydrogens is 288 g/mol. The van der Waals surface area contributed by atoms with Crippen LogP contribution in [0.1, 0.15) is 32.6 Å². The summed E-state index contributed by atoms with van der Waals surface area (Å²) in [5.74, 6) is -10.4. The van der Waals surface area contributed by atoms with E-state index in [-0.39, 0.29) is 12.8 Å². The second-order valence-electron chi connectivity index (χ2n) is 4.39. The zero-order chi connectivity index (χ0) is 15.1. The van der Waals surface area contributed by atoms with Crippen molar-refractivity contribution >= 4 is 0 Å². The Bertz CT molecular complexity index is 333. The first-order valence-corrected chi connectivity index (χ1v) is 5.58. The average Bonchev–Trinajstić information content (AvgIpc) is 2.36. The number of alkyl halides is 8. The molecule has 1 aliphatic rings. The van der Waals surface area contributed by atoms with E-state index in [1.165, 1.54) is 0 Å². The van der Waals surface area contributed by atoms with Crippen LogP contribution in [0.2, 0.25) is 0 Å².